The summed E-state index contributed by atoms with van der Waals surface area (Å²) < 4.78 is 18.1. The van der Waals surface area contributed by atoms with Gasteiger partial charge in [0, 0.05) is 30.2 Å². The number of phenols is 7. The molecule has 0 aliphatic carbocycles. The molecule has 4 aromatic rings. The number of carbonyl (C=O) groups is 1. The molecule has 0 amide bonds. The van der Waals surface area contributed by atoms with E-state index in [2.05, 4.69) is 0 Å². The molecule has 0 saturated heterocycles. The zero-order valence-electron chi connectivity index (χ0n) is 21.3. The Morgan fingerprint density at radius 2 is 1.33 bits per heavy atom. The van der Waals surface area contributed by atoms with Gasteiger partial charge in [0.15, 0.2) is 28.4 Å². The average Bonchev–Trinajstić information content (AvgIpc) is 3.42. The van der Waals surface area contributed by atoms with Gasteiger partial charge in [-0.2, -0.15) is 0 Å². The summed E-state index contributed by atoms with van der Waals surface area (Å²) in [6.45, 7) is 0. The van der Waals surface area contributed by atoms with E-state index in [0.29, 0.717) is 0 Å². The molecule has 1 spiro atoms. The van der Waals surface area contributed by atoms with E-state index in [9.17, 15) is 45.6 Å². The van der Waals surface area contributed by atoms with E-state index in [1.54, 1.807) is 0 Å². The van der Waals surface area contributed by atoms with Gasteiger partial charge in [-0.3, -0.25) is 4.79 Å². The minimum Gasteiger partial charge on any atom is -0.508 e. The van der Waals surface area contributed by atoms with Gasteiger partial charge >= 0.3 is 5.97 Å². The van der Waals surface area contributed by atoms with Crippen LogP contribution in [-0.4, -0.2) is 52.9 Å². The summed E-state index contributed by atoms with van der Waals surface area (Å²) in [5.74, 6) is -4.21. The van der Waals surface area contributed by atoms with Crippen molar-refractivity contribution in [2.75, 3.05) is 0 Å². The zero-order chi connectivity index (χ0) is 29.7. The van der Waals surface area contributed by atoms with Crippen molar-refractivity contribution >= 4 is 5.97 Å². The van der Waals surface area contributed by atoms with Gasteiger partial charge in [-0.05, 0) is 35.4 Å². The van der Waals surface area contributed by atoms with Gasteiger partial charge < -0.3 is 55.1 Å². The van der Waals surface area contributed by atoms with E-state index >= 15 is 0 Å². The second-order valence-corrected chi connectivity index (χ2v) is 10.4. The van der Waals surface area contributed by atoms with Crippen molar-refractivity contribution in [1.29, 1.82) is 0 Å². The molecule has 0 aromatic heterocycles. The number of carbonyl (C=O) groups excluding carboxylic acids is 1. The van der Waals surface area contributed by atoms with Gasteiger partial charge in [0.2, 0.25) is 0 Å². The van der Waals surface area contributed by atoms with Crippen LogP contribution < -0.4 is 14.2 Å². The summed E-state index contributed by atoms with van der Waals surface area (Å²) in [5.41, 5.74) is -1.48. The molecule has 4 atom stereocenters. The van der Waals surface area contributed by atoms with Gasteiger partial charge in [0.25, 0.3) is 0 Å². The van der Waals surface area contributed by atoms with Crippen molar-refractivity contribution in [3.05, 3.63) is 82.4 Å². The van der Waals surface area contributed by atoms with Crippen LogP contribution in [0.25, 0.3) is 0 Å². The molecule has 42 heavy (non-hydrogen) atoms. The molecule has 7 rings (SSSR count). The van der Waals surface area contributed by atoms with Crippen LogP contribution in [0.3, 0.4) is 0 Å². The molecule has 12 heteroatoms. The quantitative estimate of drug-likeness (QED) is 0.0988. The number of benzene rings is 4. The van der Waals surface area contributed by atoms with Gasteiger partial charge in [0.05, 0.1) is 17.2 Å². The Bertz CT molecular complexity index is 1830. The highest BCUT2D eigenvalue weighted by Crippen LogP contribution is 2.66. The second-order valence-electron chi connectivity index (χ2n) is 10.4. The lowest BCUT2D eigenvalue weighted by atomic mass is 9.69. The molecule has 8 N–H and O–H groups in total. The monoisotopic (exact) mass is 574 g/mol. The number of esters is 1. The SMILES string of the molecule is O=C1Oc2cc(O)c3c(c2C12c1c(O)cc(O)cc1OC2c1ccc(O)c(O)c1)OC(c1ccc(O)c(O)c1)C(O)C3. The topological polar surface area (TPSA) is 207 Å². The number of rotatable bonds is 2. The fraction of sp³-hybridized carbons (Fsp3) is 0.167. The van der Waals surface area contributed by atoms with Crippen molar-refractivity contribution in [1.82, 2.24) is 0 Å². The van der Waals surface area contributed by atoms with Crippen LogP contribution in [0, 0.1) is 0 Å². The fourth-order valence-corrected chi connectivity index (χ4v) is 6.16. The van der Waals surface area contributed by atoms with Crippen molar-refractivity contribution in [3.8, 4) is 57.5 Å². The third-order valence-electron chi connectivity index (χ3n) is 7.98. The summed E-state index contributed by atoms with van der Waals surface area (Å²) in [6.07, 6.45) is -3.89. The summed E-state index contributed by atoms with van der Waals surface area (Å²) in [7, 11) is 0. The Kier molecular flexibility index (Phi) is 5.16. The number of aliphatic hydroxyl groups excluding tert-OH is 1. The van der Waals surface area contributed by atoms with Gasteiger partial charge in [-0.25, -0.2) is 0 Å². The van der Waals surface area contributed by atoms with E-state index in [1.807, 2.05) is 0 Å². The number of phenolic OH excluding ortho intramolecular Hbond substituents is 7. The van der Waals surface area contributed by atoms with E-state index in [0.717, 1.165) is 6.07 Å². The van der Waals surface area contributed by atoms with Crippen LogP contribution in [-0.2, 0) is 16.6 Å². The number of fused-ring (bicyclic) bond motifs is 6. The number of hydrogen-bond donors (Lipinski definition) is 8. The van der Waals surface area contributed by atoms with E-state index in [4.69, 9.17) is 14.2 Å². The van der Waals surface area contributed by atoms with Crippen LogP contribution in [0.1, 0.15) is 40.0 Å². The number of hydrogen-bond acceptors (Lipinski definition) is 12. The van der Waals surface area contributed by atoms with Gasteiger partial charge in [-0.15, -0.1) is 0 Å². The normalized spacial score (nSPS) is 23.5. The maximum Gasteiger partial charge on any atom is 0.331 e. The number of ether oxygens (including phenoxy) is 3. The molecule has 3 aliphatic heterocycles. The predicted octanol–water partition coefficient (Wildman–Crippen LogP) is 3.00. The van der Waals surface area contributed by atoms with Gasteiger partial charge in [-0.1, -0.05) is 12.1 Å². The zero-order valence-corrected chi connectivity index (χ0v) is 21.3. The van der Waals surface area contributed by atoms with Crippen LogP contribution in [0.4, 0.5) is 0 Å². The largest absolute Gasteiger partial charge is 0.508 e. The lowest BCUT2D eigenvalue weighted by molar-refractivity contribution is -0.139. The van der Waals surface area contributed by atoms with Crippen molar-refractivity contribution < 1.29 is 59.9 Å². The highest BCUT2D eigenvalue weighted by molar-refractivity contribution is 6.00. The molecule has 0 bridgehead atoms. The molecule has 4 unspecified atom stereocenters. The van der Waals surface area contributed by atoms with Crippen molar-refractivity contribution in [3.63, 3.8) is 0 Å². The predicted molar refractivity (Wildman–Crippen MR) is 140 cm³/mol. The molecular formula is C30H22O12. The number of aliphatic hydroxyl groups is 1. The second kappa shape index (κ2) is 8.51. The molecule has 3 heterocycles. The molecule has 0 radical (unpaired) electrons. The molecule has 0 fully saturated rings. The first-order valence-corrected chi connectivity index (χ1v) is 12.7. The lowest BCUT2D eigenvalue weighted by Crippen LogP contribution is -2.40. The molecular weight excluding hydrogens is 552 g/mol. The molecule has 12 nitrogen and oxygen atoms in total. The average molecular weight is 574 g/mol. The molecule has 214 valence electrons. The smallest absolute Gasteiger partial charge is 0.331 e. The van der Waals surface area contributed by atoms with Crippen LogP contribution in [0.15, 0.2) is 54.6 Å². The van der Waals surface area contributed by atoms with Crippen molar-refractivity contribution in [2.45, 2.75) is 30.1 Å². The highest BCUT2D eigenvalue weighted by atomic mass is 16.6. The first-order valence-electron chi connectivity index (χ1n) is 12.7. The lowest BCUT2D eigenvalue weighted by Gasteiger charge is -2.35. The Balaban J connectivity index is 1.51. The summed E-state index contributed by atoms with van der Waals surface area (Å²) in [4.78, 5) is 14.1. The molecule has 4 aromatic carbocycles. The van der Waals surface area contributed by atoms with E-state index in [-0.39, 0.29) is 68.7 Å². The van der Waals surface area contributed by atoms with Crippen LogP contribution in [0.5, 0.6) is 57.5 Å². The Morgan fingerprint density at radius 1 is 0.667 bits per heavy atom. The standard InChI is InChI=1S/C30H22O12/c31-13-7-20(37)24-22(8-13)40-28(12-2-4-16(33)19(36)6-12)30(24)25-23(41-29(30)39)10-17(34)14-9-21(38)26(42-27(14)25)11-1-3-15(32)18(35)5-11/h1-8,10,21,26,28,31-38H,9H2. The third-order valence-corrected chi connectivity index (χ3v) is 7.98. The minimum atomic E-state index is -2.02. The molecule has 3 aliphatic rings. The maximum absolute atomic E-state index is 14.1. The van der Waals surface area contributed by atoms with E-state index in [1.165, 1.54) is 48.5 Å². The van der Waals surface area contributed by atoms with Crippen LogP contribution in [0.2, 0.25) is 0 Å². The minimum absolute atomic E-state index is 0.0394. The summed E-state index contributed by atoms with van der Waals surface area (Å²) in [5, 5.41) is 83.3. The van der Waals surface area contributed by atoms with Crippen molar-refractivity contribution in [2.24, 2.45) is 0 Å². The fourth-order valence-electron chi connectivity index (χ4n) is 6.16. The summed E-state index contributed by atoms with van der Waals surface area (Å²) >= 11 is 0. The first kappa shape index (κ1) is 25.5. The van der Waals surface area contributed by atoms with E-state index < -0.39 is 52.7 Å². The van der Waals surface area contributed by atoms with Gasteiger partial charge in [0.1, 0.15) is 46.7 Å². The Morgan fingerprint density at radius 3 is 2.02 bits per heavy atom. The van der Waals surface area contributed by atoms with Crippen LogP contribution >= 0.6 is 0 Å². The Labute approximate surface area is 236 Å². The number of aromatic hydroxyl groups is 7. The summed E-state index contributed by atoms with van der Waals surface area (Å²) in [6, 6.07) is 11.0. The first-order chi connectivity index (χ1) is 20.0. The third kappa shape index (κ3) is 3.29. The highest BCUT2D eigenvalue weighted by Gasteiger charge is 2.66. The molecule has 0 saturated carbocycles. The maximum atomic E-state index is 14.1. The Hall–Kier alpha value is -5.49.